The number of anilines is 3. The minimum Gasteiger partial charge on any atom is -0.456 e. The van der Waals surface area contributed by atoms with Crippen molar-refractivity contribution < 1.29 is 4.42 Å². The van der Waals surface area contributed by atoms with Crippen LogP contribution in [0.25, 0.3) is 66.1 Å². The first kappa shape index (κ1) is 27.9. The van der Waals surface area contributed by atoms with Crippen LogP contribution in [-0.4, -0.2) is 0 Å². The molecule has 0 saturated heterocycles. The summed E-state index contributed by atoms with van der Waals surface area (Å²) in [6, 6.07) is 67.0. The Kier molecular flexibility index (Phi) is 6.84. The van der Waals surface area contributed by atoms with Gasteiger partial charge in [-0.1, -0.05) is 133 Å². The van der Waals surface area contributed by atoms with Crippen LogP contribution in [0.5, 0.6) is 0 Å². The Bertz CT molecular complexity index is 2560. The van der Waals surface area contributed by atoms with E-state index in [2.05, 4.69) is 181 Å². The highest BCUT2D eigenvalue weighted by molar-refractivity contribution is 6.12. The lowest BCUT2D eigenvalue weighted by molar-refractivity contribution is 0.669. The van der Waals surface area contributed by atoms with Crippen molar-refractivity contribution in [2.45, 2.75) is 0 Å². The molecule has 0 radical (unpaired) electrons. The van der Waals surface area contributed by atoms with Crippen LogP contribution in [0.4, 0.5) is 17.1 Å². The Hall–Kier alpha value is -6.38. The zero-order valence-electron chi connectivity index (χ0n) is 26.3. The molecule has 1 heterocycles. The van der Waals surface area contributed by atoms with Crippen molar-refractivity contribution in [2.24, 2.45) is 0 Å². The molecular weight excluding hydrogens is 583 g/mol. The van der Waals surface area contributed by atoms with E-state index in [-0.39, 0.29) is 0 Å². The lowest BCUT2D eigenvalue weighted by Crippen LogP contribution is -2.10. The number of nitrogens with zero attached hydrogens (tertiary/aromatic N) is 1. The fourth-order valence-corrected chi connectivity index (χ4v) is 6.90. The van der Waals surface area contributed by atoms with Crippen LogP contribution in [0.15, 0.2) is 192 Å². The Morgan fingerprint density at radius 2 is 0.917 bits per heavy atom. The minimum atomic E-state index is 0.899. The molecule has 2 heteroatoms. The second-order valence-corrected chi connectivity index (χ2v) is 12.2. The molecule has 9 rings (SSSR count). The van der Waals surface area contributed by atoms with Crippen LogP contribution in [-0.2, 0) is 0 Å². The summed E-state index contributed by atoms with van der Waals surface area (Å²) in [7, 11) is 0. The maximum absolute atomic E-state index is 6.25. The van der Waals surface area contributed by atoms with Crippen molar-refractivity contribution in [3.05, 3.63) is 188 Å². The Labute approximate surface area is 279 Å². The zero-order chi connectivity index (χ0) is 31.9. The van der Waals surface area contributed by atoms with Crippen molar-refractivity contribution in [1.82, 2.24) is 0 Å². The van der Waals surface area contributed by atoms with Gasteiger partial charge in [-0.2, -0.15) is 0 Å². The molecule has 0 aliphatic carbocycles. The van der Waals surface area contributed by atoms with Gasteiger partial charge in [0, 0.05) is 27.8 Å². The average Bonchev–Trinajstić information content (AvgIpc) is 3.55. The zero-order valence-corrected chi connectivity index (χ0v) is 26.3. The molecule has 9 aromatic rings. The minimum absolute atomic E-state index is 0.899. The molecule has 0 N–H and O–H groups in total. The molecule has 0 fully saturated rings. The van der Waals surface area contributed by atoms with E-state index in [9.17, 15) is 0 Å². The molecule has 2 nitrogen and oxygen atoms in total. The van der Waals surface area contributed by atoms with Crippen LogP contribution in [0.1, 0.15) is 0 Å². The van der Waals surface area contributed by atoms with Gasteiger partial charge in [0.2, 0.25) is 0 Å². The molecule has 0 aliphatic rings. The molecular formula is C46H31NO. The standard InChI is InChI=1S/C46H31NO/c1-2-11-32(12-3-1)34-25-27-39(28-26-34)47(40-17-8-15-36(30-40)37-24-23-33-13-4-5-14-35(33)29-37)41-18-9-16-38(31-41)42-20-10-22-45-46(42)43-19-6-7-21-44(43)48-45/h1-31H. The van der Waals surface area contributed by atoms with Gasteiger partial charge < -0.3 is 9.32 Å². The lowest BCUT2D eigenvalue weighted by atomic mass is 9.98. The highest BCUT2D eigenvalue weighted by atomic mass is 16.3. The summed E-state index contributed by atoms with van der Waals surface area (Å²) < 4.78 is 6.25. The summed E-state index contributed by atoms with van der Waals surface area (Å²) >= 11 is 0. The Balaban J connectivity index is 1.19. The molecule has 226 valence electrons. The molecule has 0 spiro atoms. The third-order valence-electron chi connectivity index (χ3n) is 9.24. The van der Waals surface area contributed by atoms with Crippen LogP contribution >= 0.6 is 0 Å². The number of rotatable bonds is 6. The van der Waals surface area contributed by atoms with Gasteiger partial charge in [-0.3, -0.25) is 0 Å². The van der Waals surface area contributed by atoms with Crippen LogP contribution in [0.3, 0.4) is 0 Å². The fraction of sp³-hybridized carbons (Fsp3) is 0. The van der Waals surface area contributed by atoms with Crippen molar-refractivity contribution >= 4 is 49.8 Å². The first-order valence-electron chi connectivity index (χ1n) is 16.3. The highest BCUT2D eigenvalue weighted by Gasteiger charge is 2.17. The van der Waals surface area contributed by atoms with Crippen molar-refractivity contribution in [2.75, 3.05) is 4.90 Å². The summed E-state index contributed by atoms with van der Waals surface area (Å²) in [4.78, 5) is 2.36. The second kappa shape index (κ2) is 11.8. The molecule has 0 saturated carbocycles. The van der Waals surface area contributed by atoms with Gasteiger partial charge in [-0.05, 0) is 98.8 Å². The van der Waals surface area contributed by atoms with Crippen molar-refractivity contribution in [3.63, 3.8) is 0 Å². The van der Waals surface area contributed by atoms with Gasteiger partial charge in [0.25, 0.3) is 0 Å². The highest BCUT2D eigenvalue weighted by Crippen LogP contribution is 2.41. The number of para-hydroxylation sites is 1. The SMILES string of the molecule is c1ccc(-c2ccc(N(c3cccc(-c4ccc5ccccc5c4)c3)c3cccc(-c4cccc5oc6ccccc6c45)c3)cc2)cc1. The topological polar surface area (TPSA) is 16.4 Å². The van der Waals surface area contributed by atoms with E-state index in [0.717, 1.165) is 50.1 Å². The number of hydrogen-bond donors (Lipinski definition) is 0. The van der Waals surface area contributed by atoms with E-state index in [0.29, 0.717) is 0 Å². The normalized spacial score (nSPS) is 11.3. The largest absolute Gasteiger partial charge is 0.456 e. The Morgan fingerprint density at radius 1 is 0.333 bits per heavy atom. The summed E-state index contributed by atoms with van der Waals surface area (Å²) in [5.74, 6) is 0. The quantitative estimate of drug-likeness (QED) is 0.185. The van der Waals surface area contributed by atoms with Gasteiger partial charge in [-0.25, -0.2) is 0 Å². The van der Waals surface area contributed by atoms with Crippen LogP contribution < -0.4 is 4.90 Å². The summed E-state index contributed by atoms with van der Waals surface area (Å²) in [6.07, 6.45) is 0. The molecule has 1 aromatic heterocycles. The molecule has 0 amide bonds. The van der Waals surface area contributed by atoms with E-state index in [4.69, 9.17) is 4.42 Å². The molecule has 0 aliphatic heterocycles. The van der Waals surface area contributed by atoms with E-state index in [1.807, 2.05) is 12.1 Å². The smallest absolute Gasteiger partial charge is 0.136 e. The first-order chi connectivity index (χ1) is 23.8. The van der Waals surface area contributed by atoms with Crippen molar-refractivity contribution in [3.8, 4) is 33.4 Å². The monoisotopic (exact) mass is 613 g/mol. The maximum atomic E-state index is 6.25. The third-order valence-corrected chi connectivity index (χ3v) is 9.24. The summed E-state index contributed by atoms with van der Waals surface area (Å²) in [6.45, 7) is 0. The van der Waals surface area contributed by atoms with Gasteiger partial charge in [0.15, 0.2) is 0 Å². The predicted octanol–water partition coefficient (Wildman–Crippen LogP) is 13.2. The fourth-order valence-electron chi connectivity index (χ4n) is 6.90. The maximum Gasteiger partial charge on any atom is 0.136 e. The number of furan rings is 1. The number of hydrogen-bond acceptors (Lipinski definition) is 2. The summed E-state index contributed by atoms with van der Waals surface area (Å²) in [5, 5.41) is 4.75. The van der Waals surface area contributed by atoms with E-state index in [1.54, 1.807) is 0 Å². The van der Waals surface area contributed by atoms with Crippen LogP contribution in [0, 0.1) is 0 Å². The molecule has 0 unspecified atom stereocenters. The third kappa shape index (κ3) is 5.01. The predicted molar refractivity (Wildman–Crippen MR) is 202 cm³/mol. The Morgan fingerprint density at radius 3 is 1.75 bits per heavy atom. The number of benzene rings is 8. The van der Waals surface area contributed by atoms with Gasteiger partial charge in [-0.15, -0.1) is 0 Å². The van der Waals surface area contributed by atoms with Crippen molar-refractivity contribution in [1.29, 1.82) is 0 Å². The molecule has 0 bridgehead atoms. The van der Waals surface area contributed by atoms with Crippen LogP contribution in [0.2, 0.25) is 0 Å². The second-order valence-electron chi connectivity index (χ2n) is 12.2. The lowest BCUT2D eigenvalue weighted by Gasteiger charge is -2.27. The van der Waals surface area contributed by atoms with Gasteiger partial charge >= 0.3 is 0 Å². The summed E-state index contributed by atoms with van der Waals surface area (Å²) in [5.41, 5.74) is 12.1. The van der Waals surface area contributed by atoms with E-state index in [1.165, 1.54) is 33.0 Å². The number of fused-ring (bicyclic) bond motifs is 4. The first-order valence-corrected chi connectivity index (χ1v) is 16.3. The van der Waals surface area contributed by atoms with Gasteiger partial charge in [0.05, 0.1) is 0 Å². The average molecular weight is 614 g/mol. The molecule has 8 aromatic carbocycles. The molecule has 48 heavy (non-hydrogen) atoms. The van der Waals surface area contributed by atoms with Gasteiger partial charge in [0.1, 0.15) is 11.2 Å². The molecule has 0 atom stereocenters. The van der Waals surface area contributed by atoms with E-state index >= 15 is 0 Å². The van der Waals surface area contributed by atoms with E-state index < -0.39 is 0 Å².